The Balaban J connectivity index is 2.66. The zero-order chi connectivity index (χ0) is 8.81. The van der Waals surface area contributed by atoms with E-state index in [1.807, 2.05) is 31.2 Å². The molecule has 1 aromatic rings. The quantitative estimate of drug-likeness (QED) is 0.573. The summed E-state index contributed by atoms with van der Waals surface area (Å²) >= 11 is 0. The molecule has 1 nitrogen and oxygen atoms in total. The van der Waals surface area contributed by atoms with E-state index in [4.69, 9.17) is 4.74 Å². The lowest BCUT2D eigenvalue weighted by atomic mass is 10.2. The Bertz CT molecular complexity index is 287. The van der Waals surface area contributed by atoms with Crippen molar-refractivity contribution in [1.82, 2.24) is 0 Å². The highest BCUT2D eigenvalue weighted by atomic mass is 16.5. The van der Waals surface area contributed by atoms with Crippen molar-refractivity contribution >= 4 is 0 Å². The van der Waals surface area contributed by atoms with Crippen LogP contribution >= 0.6 is 0 Å². The molecule has 0 aliphatic rings. The fraction of sp³-hybridized carbons (Fsp3) is 0.273. The monoisotopic (exact) mass is 160 g/mol. The van der Waals surface area contributed by atoms with E-state index in [9.17, 15) is 0 Å². The maximum atomic E-state index is 4.91. The van der Waals surface area contributed by atoms with Crippen molar-refractivity contribution in [3.63, 3.8) is 0 Å². The summed E-state index contributed by atoms with van der Waals surface area (Å²) in [5, 5.41) is 0. The Kier molecular flexibility index (Phi) is 3.22. The van der Waals surface area contributed by atoms with Crippen LogP contribution in [0.4, 0.5) is 0 Å². The average Bonchev–Trinajstić information content (AvgIpc) is 2.09. The number of ether oxygens (including phenoxy) is 1. The van der Waals surface area contributed by atoms with Gasteiger partial charge in [-0.3, -0.25) is 0 Å². The van der Waals surface area contributed by atoms with Crippen LogP contribution in [-0.4, -0.2) is 6.61 Å². The van der Waals surface area contributed by atoms with Crippen molar-refractivity contribution in [3.8, 4) is 12.0 Å². The van der Waals surface area contributed by atoms with Gasteiger partial charge < -0.3 is 4.74 Å². The van der Waals surface area contributed by atoms with Crippen molar-refractivity contribution in [2.24, 2.45) is 0 Å². The molecule has 0 aromatic heterocycles. The van der Waals surface area contributed by atoms with Crippen LogP contribution < -0.4 is 0 Å². The molecule has 1 aromatic carbocycles. The summed E-state index contributed by atoms with van der Waals surface area (Å²) in [5.41, 5.74) is 2.24. The molecule has 1 heteroatoms. The summed E-state index contributed by atoms with van der Waals surface area (Å²) in [4.78, 5) is 0. The Morgan fingerprint density at radius 1 is 1.25 bits per heavy atom. The normalized spacial score (nSPS) is 8.50. The summed E-state index contributed by atoms with van der Waals surface area (Å²) in [7, 11) is 0. The fourth-order valence-corrected chi connectivity index (χ4v) is 0.804. The van der Waals surface area contributed by atoms with Gasteiger partial charge in [-0.2, -0.15) is 0 Å². The van der Waals surface area contributed by atoms with E-state index in [1.54, 1.807) is 0 Å². The van der Waals surface area contributed by atoms with Gasteiger partial charge in [0.15, 0.2) is 0 Å². The largest absolute Gasteiger partial charge is 0.447 e. The van der Waals surface area contributed by atoms with Crippen LogP contribution in [0.2, 0.25) is 0 Å². The maximum Gasteiger partial charge on any atom is 0.115 e. The molecule has 0 N–H and O–H groups in total. The van der Waals surface area contributed by atoms with Gasteiger partial charge in [0.25, 0.3) is 0 Å². The van der Waals surface area contributed by atoms with Crippen LogP contribution in [0.1, 0.15) is 18.1 Å². The second kappa shape index (κ2) is 4.46. The van der Waals surface area contributed by atoms with Crippen LogP contribution in [0.15, 0.2) is 24.3 Å². The number of benzene rings is 1. The third-order valence-electron chi connectivity index (χ3n) is 1.46. The molecule has 0 spiro atoms. The number of hydrogen-bond acceptors (Lipinski definition) is 1. The Morgan fingerprint density at radius 2 is 1.92 bits per heavy atom. The summed E-state index contributed by atoms with van der Waals surface area (Å²) in [6.07, 6.45) is 2.62. The first-order valence-corrected chi connectivity index (χ1v) is 4.02. The molecule has 12 heavy (non-hydrogen) atoms. The topological polar surface area (TPSA) is 9.23 Å². The highest BCUT2D eigenvalue weighted by Gasteiger charge is 1.84. The standard InChI is InChI=1S/C11H12O/c1-3-12-9-8-11-6-4-10(2)5-7-11/h4-7H,3H2,1-2H3. The molecule has 0 aliphatic carbocycles. The van der Waals surface area contributed by atoms with Gasteiger partial charge in [0.05, 0.1) is 6.61 Å². The van der Waals surface area contributed by atoms with E-state index in [0.717, 1.165) is 5.56 Å². The first kappa shape index (κ1) is 8.67. The molecule has 0 aliphatic heterocycles. The van der Waals surface area contributed by atoms with E-state index < -0.39 is 0 Å². The Labute approximate surface area is 73.4 Å². The highest BCUT2D eigenvalue weighted by Crippen LogP contribution is 2.00. The van der Waals surface area contributed by atoms with Crippen molar-refractivity contribution in [1.29, 1.82) is 0 Å². The first-order chi connectivity index (χ1) is 5.83. The van der Waals surface area contributed by atoms with Crippen LogP contribution in [0.25, 0.3) is 0 Å². The fourth-order valence-electron chi connectivity index (χ4n) is 0.804. The first-order valence-electron chi connectivity index (χ1n) is 4.02. The molecule has 0 fully saturated rings. The van der Waals surface area contributed by atoms with E-state index in [1.165, 1.54) is 5.56 Å². The van der Waals surface area contributed by atoms with Crippen LogP contribution in [0.5, 0.6) is 0 Å². The summed E-state index contributed by atoms with van der Waals surface area (Å²) in [6.45, 7) is 4.61. The molecule has 0 unspecified atom stereocenters. The second-order valence-corrected chi connectivity index (χ2v) is 2.53. The van der Waals surface area contributed by atoms with Crippen LogP contribution in [-0.2, 0) is 4.74 Å². The molecule has 0 saturated heterocycles. The SMILES string of the molecule is CCOC#Cc1ccc(C)cc1. The van der Waals surface area contributed by atoms with Gasteiger partial charge in [-0.25, -0.2) is 0 Å². The van der Waals surface area contributed by atoms with Gasteiger partial charge >= 0.3 is 0 Å². The van der Waals surface area contributed by atoms with Gasteiger partial charge in [-0.1, -0.05) is 17.7 Å². The van der Waals surface area contributed by atoms with E-state index in [0.29, 0.717) is 6.61 Å². The smallest absolute Gasteiger partial charge is 0.115 e. The van der Waals surface area contributed by atoms with Crippen LogP contribution in [0.3, 0.4) is 0 Å². The van der Waals surface area contributed by atoms with Crippen molar-refractivity contribution < 1.29 is 4.74 Å². The van der Waals surface area contributed by atoms with Crippen LogP contribution in [0, 0.1) is 19.0 Å². The maximum absolute atomic E-state index is 4.91. The molecule has 0 amide bonds. The Morgan fingerprint density at radius 3 is 2.50 bits per heavy atom. The van der Waals surface area contributed by atoms with Crippen molar-refractivity contribution in [2.45, 2.75) is 13.8 Å². The molecule has 0 bridgehead atoms. The third kappa shape index (κ3) is 2.67. The zero-order valence-electron chi connectivity index (χ0n) is 7.42. The lowest BCUT2D eigenvalue weighted by Gasteiger charge is -1.91. The van der Waals surface area contributed by atoms with Gasteiger partial charge in [-0.05, 0) is 31.9 Å². The molecule has 0 heterocycles. The molecular weight excluding hydrogens is 148 g/mol. The average molecular weight is 160 g/mol. The van der Waals surface area contributed by atoms with Crippen molar-refractivity contribution in [2.75, 3.05) is 6.61 Å². The molecule has 62 valence electrons. The van der Waals surface area contributed by atoms with Gasteiger partial charge in [-0.15, -0.1) is 0 Å². The predicted molar refractivity (Wildman–Crippen MR) is 49.7 cm³/mol. The summed E-state index contributed by atoms with van der Waals surface area (Å²) in [5.74, 6) is 2.90. The van der Waals surface area contributed by atoms with E-state index in [-0.39, 0.29) is 0 Å². The molecule has 0 radical (unpaired) electrons. The van der Waals surface area contributed by atoms with Crippen molar-refractivity contribution in [3.05, 3.63) is 35.4 Å². The summed E-state index contributed by atoms with van der Waals surface area (Å²) < 4.78 is 4.91. The predicted octanol–water partition coefficient (Wildman–Crippen LogP) is 2.34. The highest BCUT2D eigenvalue weighted by molar-refractivity contribution is 5.34. The molecule has 0 atom stereocenters. The lowest BCUT2D eigenvalue weighted by Crippen LogP contribution is -1.79. The summed E-state index contributed by atoms with van der Waals surface area (Å²) in [6, 6.07) is 8.05. The minimum absolute atomic E-state index is 0.638. The van der Waals surface area contributed by atoms with E-state index in [2.05, 4.69) is 19.0 Å². The Hall–Kier alpha value is -1.42. The van der Waals surface area contributed by atoms with Gasteiger partial charge in [0.1, 0.15) is 6.11 Å². The zero-order valence-corrected chi connectivity index (χ0v) is 7.42. The second-order valence-electron chi connectivity index (χ2n) is 2.53. The number of aryl methyl sites for hydroxylation is 1. The third-order valence-corrected chi connectivity index (χ3v) is 1.46. The van der Waals surface area contributed by atoms with Gasteiger partial charge in [0, 0.05) is 5.56 Å². The molecular formula is C11H12O. The van der Waals surface area contributed by atoms with Gasteiger partial charge in [0.2, 0.25) is 0 Å². The molecule has 1 rings (SSSR count). The number of hydrogen-bond donors (Lipinski definition) is 0. The number of rotatable bonds is 1. The molecule has 0 saturated carbocycles. The van der Waals surface area contributed by atoms with E-state index >= 15 is 0 Å². The minimum Gasteiger partial charge on any atom is -0.447 e. The minimum atomic E-state index is 0.638. The lowest BCUT2D eigenvalue weighted by molar-refractivity contribution is 0.299.